The zero-order chi connectivity index (χ0) is 45.7. The fraction of sp³-hybridized carbons (Fsp3) is 0.302. The van der Waals surface area contributed by atoms with E-state index in [-0.39, 0.29) is 24.3 Å². The summed E-state index contributed by atoms with van der Waals surface area (Å²) in [6.45, 7) is 2.25. The van der Waals surface area contributed by atoms with Gasteiger partial charge in [-0.1, -0.05) is 99.9 Å². The van der Waals surface area contributed by atoms with Gasteiger partial charge in [-0.15, -0.1) is 0 Å². The molecule has 0 radical (unpaired) electrons. The van der Waals surface area contributed by atoms with Crippen molar-refractivity contribution in [2.24, 2.45) is 22.6 Å². The fourth-order valence-corrected chi connectivity index (χ4v) is 9.95. The number of benzene rings is 5. The molecule has 5 aromatic carbocycles. The van der Waals surface area contributed by atoms with Crippen molar-refractivity contribution in [2.75, 3.05) is 5.32 Å². The number of fused-ring (bicyclic) bond motifs is 1. The molecule has 2 atom stereocenters. The van der Waals surface area contributed by atoms with E-state index in [1.165, 1.54) is 18.6 Å². The third-order valence-electron chi connectivity index (χ3n) is 13.4. The van der Waals surface area contributed by atoms with Gasteiger partial charge in [0.15, 0.2) is 0 Å². The Labute approximate surface area is 383 Å². The second-order valence-electron chi connectivity index (χ2n) is 17.6. The number of carboxylic acids is 1. The zero-order valence-electron chi connectivity index (χ0n) is 36.2. The summed E-state index contributed by atoms with van der Waals surface area (Å²) in [5, 5.41) is 15.6. The average Bonchev–Trinajstić information content (AvgIpc) is 3.74. The van der Waals surface area contributed by atoms with Crippen molar-refractivity contribution in [3.63, 3.8) is 0 Å². The highest BCUT2D eigenvalue weighted by atomic mass is 35.5. The van der Waals surface area contributed by atoms with E-state index in [9.17, 15) is 19.2 Å². The van der Waals surface area contributed by atoms with Crippen LogP contribution in [0.25, 0.3) is 17.2 Å². The largest absolute Gasteiger partial charge is 0.489 e. The van der Waals surface area contributed by atoms with Crippen LogP contribution in [0.2, 0.25) is 5.02 Å². The number of aliphatic imine (C=N–C) groups is 1. The number of halogens is 2. The lowest BCUT2D eigenvalue weighted by atomic mass is 9.70. The van der Waals surface area contributed by atoms with Gasteiger partial charge in [-0.3, -0.25) is 19.4 Å². The Kier molecular flexibility index (Phi) is 13.6. The van der Waals surface area contributed by atoms with Gasteiger partial charge < -0.3 is 26.2 Å². The number of primary amides is 1. The van der Waals surface area contributed by atoms with Gasteiger partial charge >= 0.3 is 5.97 Å². The smallest absolute Gasteiger partial charge is 0.328 e. The number of ether oxygens (including phenoxy) is 1. The Morgan fingerprint density at radius 2 is 1.57 bits per heavy atom. The normalized spacial score (nSPS) is 18.3. The standard InChI is InChI=1S/C53H52ClFN4O6/c1-32-42-21-15-37(51(63)59-53(25-5-6-26-53)52(64)57-40-18-9-33(10-19-40)11-24-49(60)61)28-47(42)58-48(30-45(32)34-7-3-2-4-8-34)44-23-20-41(29-46(44)55)65-31-38-27-36(50(56)62)14-22-43(38)35-12-16-39(54)17-13-35/h9-24,27-29,32,34,45H,2-8,25-26,30-31H2,1H3,(H2,56,62)(H,57,64)(H,59,63)(H,60,61)/b24-11+. The van der Waals surface area contributed by atoms with E-state index in [0.29, 0.717) is 80.9 Å². The molecule has 2 fully saturated rings. The van der Waals surface area contributed by atoms with Crippen LogP contribution >= 0.6 is 11.6 Å². The van der Waals surface area contributed by atoms with Crippen LogP contribution in [0.15, 0.2) is 114 Å². The number of hydrogen-bond donors (Lipinski definition) is 4. The van der Waals surface area contributed by atoms with E-state index in [4.69, 9.17) is 32.2 Å². The molecule has 3 aliphatic rings. The van der Waals surface area contributed by atoms with Crippen LogP contribution in [0.3, 0.4) is 0 Å². The van der Waals surface area contributed by atoms with Gasteiger partial charge in [0.25, 0.3) is 5.91 Å². The molecular weight excluding hydrogens is 843 g/mol. The maximum absolute atomic E-state index is 16.5. The van der Waals surface area contributed by atoms with Crippen molar-refractivity contribution in [2.45, 2.75) is 89.2 Å². The molecule has 334 valence electrons. The van der Waals surface area contributed by atoms with Crippen molar-refractivity contribution in [3.05, 3.63) is 153 Å². The predicted molar refractivity (Wildman–Crippen MR) is 252 cm³/mol. The zero-order valence-corrected chi connectivity index (χ0v) is 37.0. The summed E-state index contributed by atoms with van der Waals surface area (Å²) < 4.78 is 22.7. The number of nitrogens with two attached hydrogens (primary N) is 1. The molecular formula is C53H52ClFN4O6. The molecule has 0 aromatic heterocycles. The molecule has 12 heteroatoms. The van der Waals surface area contributed by atoms with E-state index in [0.717, 1.165) is 61.3 Å². The summed E-state index contributed by atoms with van der Waals surface area (Å²) in [5.74, 6) is -1.81. The number of hydrogen-bond acceptors (Lipinski definition) is 6. The van der Waals surface area contributed by atoms with E-state index in [2.05, 4.69) is 17.6 Å². The van der Waals surface area contributed by atoms with E-state index in [1.54, 1.807) is 72.8 Å². The highest BCUT2D eigenvalue weighted by Gasteiger charge is 2.43. The monoisotopic (exact) mass is 894 g/mol. The molecule has 2 unspecified atom stereocenters. The van der Waals surface area contributed by atoms with Crippen LogP contribution < -0.4 is 21.1 Å². The predicted octanol–water partition coefficient (Wildman–Crippen LogP) is 11.4. The quantitative estimate of drug-likeness (QED) is 0.0861. The number of anilines is 1. The van der Waals surface area contributed by atoms with Gasteiger partial charge in [0, 0.05) is 39.5 Å². The lowest BCUT2D eigenvalue weighted by Gasteiger charge is -2.34. The van der Waals surface area contributed by atoms with Crippen LogP contribution in [0.5, 0.6) is 5.75 Å². The van der Waals surface area contributed by atoms with Crippen LogP contribution in [0.1, 0.15) is 120 Å². The maximum Gasteiger partial charge on any atom is 0.328 e. The van der Waals surface area contributed by atoms with Crippen molar-refractivity contribution in [1.82, 2.24) is 5.32 Å². The minimum atomic E-state index is -1.13. The summed E-state index contributed by atoms with van der Waals surface area (Å²) in [5.41, 5.74) is 11.3. The second-order valence-corrected chi connectivity index (χ2v) is 18.0. The van der Waals surface area contributed by atoms with E-state index >= 15 is 4.39 Å². The Hall–Kier alpha value is -6.59. The lowest BCUT2D eigenvalue weighted by Crippen LogP contribution is -2.55. The number of carboxylic acid groups (broad SMARTS) is 1. The highest BCUT2D eigenvalue weighted by molar-refractivity contribution is 6.30. The van der Waals surface area contributed by atoms with Gasteiger partial charge in [0.05, 0.1) is 11.4 Å². The molecule has 65 heavy (non-hydrogen) atoms. The van der Waals surface area contributed by atoms with Crippen molar-refractivity contribution in [3.8, 4) is 16.9 Å². The Morgan fingerprint density at radius 1 is 0.862 bits per heavy atom. The summed E-state index contributed by atoms with van der Waals surface area (Å²) in [6.07, 6.45) is 11.3. The van der Waals surface area contributed by atoms with Gasteiger partial charge in [-0.05, 0) is 132 Å². The van der Waals surface area contributed by atoms with Gasteiger partial charge in [0.1, 0.15) is 23.7 Å². The highest BCUT2D eigenvalue weighted by Crippen LogP contribution is 2.46. The number of nitrogens with zero attached hydrogens (tertiary/aromatic N) is 1. The Morgan fingerprint density at radius 3 is 2.26 bits per heavy atom. The van der Waals surface area contributed by atoms with Gasteiger partial charge in [0.2, 0.25) is 11.8 Å². The molecule has 0 spiro atoms. The third kappa shape index (κ3) is 10.4. The number of aliphatic carboxylic acids is 1. The molecule has 10 nitrogen and oxygen atoms in total. The van der Waals surface area contributed by atoms with E-state index < -0.39 is 29.1 Å². The van der Waals surface area contributed by atoms with Gasteiger partial charge in [-0.2, -0.15) is 0 Å². The fourth-order valence-electron chi connectivity index (χ4n) is 9.83. The minimum Gasteiger partial charge on any atom is -0.489 e. The summed E-state index contributed by atoms with van der Waals surface area (Å²) in [6, 6.07) is 29.6. The van der Waals surface area contributed by atoms with Crippen molar-refractivity contribution >= 4 is 58.5 Å². The van der Waals surface area contributed by atoms with Crippen LogP contribution in [0, 0.1) is 17.7 Å². The molecule has 0 bridgehead atoms. The molecule has 5 N–H and O–H groups in total. The Balaban J connectivity index is 1.06. The first-order valence-corrected chi connectivity index (χ1v) is 22.7. The first kappa shape index (κ1) is 45.0. The molecule has 1 aliphatic heterocycles. The summed E-state index contributed by atoms with van der Waals surface area (Å²) in [4.78, 5) is 56.3. The number of carbonyl (C=O) groups is 4. The van der Waals surface area contributed by atoms with Crippen LogP contribution in [-0.2, 0) is 16.2 Å². The lowest BCUT2D eigenvalue weighted by molar-refractivity contribution is -0.131. The average molecular weight is 895 g/mol. The Bertz CT molecular complexity index is 2670. The molecule has 3 amide bonds. The molecule has 1 heterocycles. The van der Waals surface area contributed by atoms with Crippen LogP contribution in [0.4, 0.5) is 15.8 Å². The molecule has 2 saturated carbocycles. The number of nitrogens with one attached hydrogen (secondary N) is 2. The number of carbonyl (C=O) groups excluding carboxylic acids is 3. The third-order valence-corrected chi connectivity index (χ3v) is 13.6. The minimum absolute atomic E-state index is 0.0440. The molecule has 5 aromatic rings. The van der Waals surface area contributed by atoms with Crippen molar-refractivity contribution < 1.29 is 33.4 Å². The van der Waals surface area contributed by atoms with Gasteiger partial charge in [-0.25, -0.2) is 9.18 Å². The SMILES string of the molecule is CC1c2ccc(C(=O)NC3(C(=O)Nc4ccc(/C=C/C(=O)O)cc4)CCCC3)cc2N=C(c2ccc(OCc3cc(C(N)=O)ccc3-c3ccc(Cl)cc3)cc2F)CC1C1CCCCC1. The topological polar surface area (TPSA) is 160 Å². The second kappa shape index (κ2) is 19.7. The first-order chi connectivity index (χ1) is 31.4. The number of rotatable bonds is 13. The molecule has 0 saturated heterocycles. The maximum atomic E-state index is 16.5. The number of amides is 3. The van der Waals surface area contributed by atoms with Crippen molar-refractivity contribution in [1.29, 1.82) is 0 Å². The molecule has 2 aliphatic carbocycles. The van der Waals surface area contributed by atoms with E-state index in [1.807, 2.05) is 24.3 Å². The molecule has 8 rings (SSSR count). The van der Waals surface area contributed by atoms with Crippen LogP contribution in [-0.4, -0.2) is 40.0 Å². The first-order valence-electron chi connectivity index (χ1n) is 22.3. The summed E-state index contributed by atoms with van der Waals surface area (Å²) >= 11 is 6.15. The summed E-state index contributed by atoms with van der Waals surface area (Å²) in [7, 11) is 0.